The Morgan fingerprint density at radius 2 is 1.61 bits per heavy atom. The highest BCUT2D eigenvalue weighted by molar-refractivity contribution is 5.97. The first-order chi connectivity index (χ1) is 16.1. The van der Waals surface area contributed by atoms with Crippen LogP contribution in [0.2, 0.25) is 0 Å². The van der Waals surface area contributed by atoms with Gasteiger partial charge in [-0.25, -0.2) is 4.98 Å². The number of amides is 2. The number of nitrogens with one attached hydrogen (secondary N) is 1. The molecule has 1 aliphatic rings. The zero-order valence-electron chi connectivity index (χ0n) is 17.7. The summed E-state index contributed by atoms with van der Waals surface area (Å²) in [5, 5.41) is 4.03. The molecule has 3 N–H and O–H groups in total. The Hall–Kier alpha value is -4.39. The molecule has 0 atom stereocenters. The maximum atomic E-state index is 12.2. The molecular weight excluding hydrogens is 414 g/mol. The molecule has 7 nitrogen and oxygen atoms in total. The summed E-state index contributed by atoms with van der Waals surface area (Å²) < 4.78 is 4.02. The molecule has 1 fully saturated rings. The van der Waals surface area contributed by atoms with Crippen molar-refractivity contribution in [1.82, 2.24) is 19.4 Å². The van der Waals surface area contributed by atoms with Crippen molar-refractivity contribution in [2.75, 3.05) is 0 Å². The van der Waals surface area contributed by atoms with Crippen molar-refractivity contribution in [3.05, 3.63) is 90.4 Å². The van der Waals surface area contributed by atoms with Crippen LogP contribution in [0.4, 0.5) is 0 Å². The number of hydrogen-bond acceptors (Lipinski definition) is 3. The van der Waals surface area contributed by atoms with Gasteiger partial charge in [0.2, 0.25) is 5.91 Å². The van der Waals surface area contributed by atoms with Crippen LogP contribution in [0.3, 0.4) is 0 Å². The van der Waals surface area contributed by atoms with Crippen LogP contribution in [0.15, 0.2) is 79.3 Å². The van der Waals surface area contributed by atoms with E-state index in [-0.39, 0.29) is 5.91 Å². The summed E-state index contributed by atoms with van der Waals surface area (Å²) in [5.74, 6) is -0.475. The van der Waals surface area contributed by atoms with Gasteiger partial charge < -0.3 is 15.6 Å². The summed E-state index contributed by atoms with van der Waals surface area (Å²) in [6, 6.07) is 21.4. The first kappa shape index (κ1) is 19.3. The lowest BCUT2D eigenvalue weighted by molar-refractivity contribution is 0.0949. The number of aromatic nitrogens is 3. The molecular formula is C26H21N5O2. The average Bonchev–Trinajstić information content (AvgIpc) is 3.39. The van der Waals surface area contributed by atoms with Gasteiger partial charge in [0.05, 0.1) is 16.6 Å². The zero-order chi connectivity index (χ0) is 22.5. The average molecular weight is 435 g/mol. The van der Waals surface area contributed by atoms with Gasteiger partial charge in [-0.3, -0.25) is 14.2 Å². The Bertz CT molecular complexity index is 1540. The molecule has 2 amide bonds. The molecule has 3 aromatic carbocycles. The molecule has 6 rings (SSSR count). The summed E-state index contributed by atoms with van der Waals surface area (Å²) >= 11 is 0. The third-order valence-electron chi connectivity index (χ3n) is 6.11. The monoisotopic (exact) mass is 435 g/mol. The highest BCUT2D eigenvalue weighted by atomic mass is 16.2. The second-order valence-electron chi connectivity index (χ2n) is 8.41. The summed E-state index contributed by atoms with van der Waals surface area (Å²) in [5.41, 5.74) is 11.2. The molecule has 0 bridgehead atoms. The van der Waals surface area contributed by atoms with Crippen LogP contribution in [0, 0.1) is 0 Å². The minimum atomic E-state index is -0.449. The highest BCUT2D eigenvalue weighted by Crippen LogP contribution is 2.26. The molecule has 5 aromatic rings. The lowest BCUT2D eigenvalue weighted by atomic mass is 10.1. The van der Waals surface area contributed by atoms with Gasteiger partial charge in [-0.2, -0.15) is 0 Å². The zero-order valence-corrected chi connectivity index (χ0v) is 17.7. The molecule has 0 saturated heterocycles. The number of rotatable bonds is 5. The van der Waals surface area contributed by atoms with Crippen LogP contribution in [0.1, 0.15) is 33.6 Å². The molecule has 2 aromatic heterocycles. The first-order valence-corrected chi connectivity index (χ1v) is 10.9. The van der Waals surface area contributed by atoms with Gasteiger partial charge in [0, 0.05) is 34.7 Å². The number of primary amides is 1. The van der Waals surface area contributed by atoms with Gasteiger partial charge in [0.1, 0.15) is 6.33 Å². The number of nitrogens with two attached hydrogens (primary N) is 1. The van der Waals surface area contributed by atoms with E-state index in [0.29, 0.717) is 17.2 Å². The number of imidazole rings is 1. The number of carbonyl (C=O) groups excluding carboxylic acids is 2. The molecule has 7 heteroatoms. The smallest absolute Gasteiger partial charge is 0.251 e. The number of carbonyl (C=O) groups is 2. The predicted octanol–water partition coefficient (Wildman–Crippen LogP) is 3.96. The van der Waals surface area contributed by atoms with Crippen molar-refractivity contribution in [2.24, 2.45) is 5.73 Å². The SMILES string of the molecule is NC(=O)c1ccc2ccn(-c3ccc4c(c3)ncn4-c3ccc(C(=O)NC4CC4)cc3)c2c1. The largest absolute Gasteiger partial charge is 0.366 e. The molecule has 0 unspecified atom stereocenters. The van der Waals surface area contributed by atoms with E-state index in [2.05, 4.69) is 10.3 Å². The summed E-state index contributed by atoms with van der Waals surface area (Å²) in [7, 11) is 0. The molecule has 0 aliphatic heterocycles. The van der Waals surface area contributed by atoms with Crippen molar-refractivity contribution >= 4 is 33.8 Å². The van der Waals surface area contributed by atoms with E-state index in [1.165, 1.54) is 0 Å². The van der Waals surface area contributed by atoms with Crippen molar-refractivity contribution < 1.29 is 9.59 Å². The third kappa shape index (κ3) is 3.43. The van der Waals surface area contributed by atoms with Crippen molar-refractivity contribution in [3.8, 4) is 11.4 Å². The molecule has 2 heterocycles. The van der Waals surface area contributed by atoms with Gasteiger partial charge >= 0.3 is 0 Å². The van der Waals surface area contributed by atoms with Crippen molar-refractivity contribution in [1.29, 1.82) is 0 Å². The van der Waals surface area contributed by atoms with Crippen LogP contribution < -0.4 is 11.1 Å². The topological polar surface area (TPSA) is 94.9 Å². The third-order valence-corrected chi connectivity index (χ3v) is 6.11. The molecule has 33 heavy (non-hydrogen) atoms. The van der Waals surface area contributed by atoms with E-state index in [1.54, 1.807) is 18.5 Å². The number of nitrogens with zero attached hydrogens (tertiary/aromatic N) is 3. The fourth-order valence-electron chi connectivity index (χ4n) is 4.13. The van der Waals surface area contributed by atoms with E-state index in [0.717, 1.165) is 46.2 Å². The molecule has 1 saturated carbocycles. The van der Waals surface area contributed by atoms with Crippen molar-refractivity contribution in [2.45, 2.75) is 18.9 Å². The predicted molar refractivity (Wildman–Crippen MR) is 127 cm³/mol. The summed E-state index contributed by atoms with van der Waals surface area (Å²) in [6.07, 6.45) is 5.89. The van der Waals surface area contributed by atoms with Gasteiger partial charge in [-0.05, 0) is 78.9 Å². The maximum Gasteiger partial charge on any atom is 0.251 e. The molecule has 162 valence electrons. The van der Waals surface area contributed by atoms with Gasteiger partial charge in [-0.1, -0.05) is 6.07 Å². The van der Waals surface area contributed by atoms with Crippen LogP contribution in [-0.2, 0) is 0 Å². The van der Waals surface area contributed by atoms with Crippen LogP contribution >= 0.6 is 0 Å². The quantitative estimate of drug-likeness (QED) is 0.437. The highest BCUT2D eigenvalue weighted by Gasteiger charge is 2.23. The Balaban J connectivity index is 1.34. The minimum absolute atomic E-state index is 0.0253. The molecule has 1 aliphatic carbocycles. The molecule has 0 radical (unpaired) electrons. The molecule has 0 spiro atoms. The van der Waals surface area contributed by atoms with Gasteiger partial charge in [0.15, 0.2) is 0 Å². The Morgan fingerprint density at radius 1 is 0.848 bits per heavy atom. The minimum Gasteiger partial charge on any atom is -0.366 e. The van der Waals surface area contributed by atoms with Crippen LogP contribution in [0.25, 0.3) is 33.3 Å². The number of hydrogen-bond donors (Lipinski definition) is 2. The number of fused-ring (bicyclic) bond motifs is 2. The van der Waals surface area contributed by atoms with Crippen LogP contribution in [0.5, 0.6) is 0 Å². The van der Waals surface area contributed by atoms with E-state index in [1.807, 2.05) is 69.9 Å². The Morgan fingerprint density at radius 3 is 2.36 bits per heavy atom. The first-order valence-electron chi connectivity index (χ1n) is 10.9. The Kier molecular flexibility index (Phi) is 4.29. The second-order valence-corrected chi connectivity index (χ2v) is 8.41. The summed E-state index contributed by atoms with van der Waals surface area (Å²) in [6.45, 7) is 0. The van der Waals surface area contributed by atoms with Crippen molar-refractivity contribution in [3.63, 3.8) is 0 Å². The second kappa shape index (κ2) is 7.34. The lowest BCUT2D eigenvalue weighted by Gasteiger charge is -2.09. The standard InChI is InChI=1S/C26H21N5O2/c27-25(32)18-2-1-16-11-12-30(24(16)13-18)21-9-10-23-22(14-21)28-15-31(23)20-7-3-17(4-8-20)26(33)29-19-5-6-19/h1-4,7-15,19H,5-6H2,(H2,27,32)(H,29,33). The van der Waals surface area contributed by atoms with Gasteiger partial charge in [-0.15, -0.1) is 0 Å². The number of benzene rings is 3. The Labute approximate surface area is 189 Å². The van der Waals surface area contributed by atoms with E-state index >= 15 is 0 Å². The summed E-state index contributed by atoms with van der Waals surface area (Å²) in [4.78, 5) is 28.5. The fraction of sp³-hybridized carbons (Fsp3) is 0.115. The van der Waals surface area contributed by atoms with Crippen LogP contribution in [-0.4, -0.2) is 32.0 Å². The fourth-order valence-corrected chi connectivity index (χ4v) is 4.13. The van der Waals surface area contributed by atoms with E-state index in [4.69, 9.17) is 5.73 Å². The van der Waals surface area contributed by atoms with E-state index in [9.17, 15) is 9.59 Å². The maximum absolute atomic E-state index is 12.2. The van der Waals surface area contributed by atoms with Gasteiger partial charge in [0.25, 0.3) is 5.91 Å². The van der Waals surface area contributed by atoms with E-state index < -0.39 is 5.91 Å². The normalized spacial score (nSPS) is 13.5. The lowest BCUT2D eigenvalue weighted by Crippen LogP contribution is -2.25.